The van der Waals surface area contributed by atoms with E-state index in [0.29, 0.717) is 41.5 Å². The van der Waals surface area contributed by atoms with E-state index in [2.05, 4.69) is 30.2 Å². The van der Waals surface area contributed by atoms with Crippen LogP contribution in [0.2, 0.25) is 0 Å². The van der Waals surface area contributed by atoms with Crippen molar-refractivity contribution in [2.24, 2.45) is 0 Å². The number of aromatic nitrogens is 5. The molecule has 0 aromatic carbocycles. The normalized spacial score (nSPS) is 15.0. The zero-order valence-electron chi connectivity index (χ0n) is 16.0. The highest BCUT2D eigenvalue weighted by atomic mass is 19.4. The van der Waals surface area contributed by atoms with Gasteiger partial charge in [0.15, 0.2) is 17.1 Å². The van der Waals surface area contributed by atoms with Gasteiger partial charge in [0.25, 0.3) is 0 Å². The maximum atomic E-state index is 12.6. The van der Waals surface area contributed by atoms with Gasteiger partial charge in [0.1, 0.15) is 17.7 Å². The molecule has 1 aliphatic rings. The standard InChI is InChI=1S/C19H16F3N7O/c1-9-3-10(2)27-18-14(9)15-16(30-18)17(26-8-25-15)28-11-6-29(7-11)13-5-23-12(4-24-13)19(20,21)22/h3-5,8,11H,6-7H2,1-2H3,(H,25,26,28). The molecule has 4 aromatic rings. The van der Waals surface area contributed by atoms with Crippen molar-refractivity contribution in [2.45, 2.75) is 26.1 Å². The fourth-order valence-corrected chi connectivity index (χ4v) is 3.59. The van der Waals surface area contributed by atoms with Crippen molar-refractivity contribution in [1.82, 2.24) is 24.9 Å². The summed E-state index contributed by atoms with van der Waals surface area (Å²) in [6.45, 7) is 4.97. The first-order valence-corrected chi connectivity index (χ1v) is 9.22. The summed E-state index contributed by atoms with van der Waals surface area (Å²) in [6.07, 6.45) is -1.15. The SMILES string of the molecule is Cc1cc(C)c2c(n1)oc1c(NC3CN(c4cnc(C(F)(F)F)cn4)C3)ncnc12. The van der Waals surface area contributed by atoms with Gasteiger partial charge in [-0.3, -0.25) is 0 Å². The fourth-order valence-electron chi connectivity index (χ4n) is 3.59. The number of alkyl halides is 3. The molecule has 0 radical (unpaired) electrons. The van der Waals surface area contributed by atoms with E-state index < -0.39 is 11.9 Å². The lowest BCUT2D eigenvalue weighted by atomic mass is 10.1. The topological polar surface area (TPSA) is 92.9 Å². The molecule has 0 amide bonds. The minimum Gasteiger partial charge on any atom is -0.432 e. The highest BCUT2D eigenvalue weighted by Crippen LogP contribution is 2.33. The summed E-state index contributed by atoms with van der Waals surface area (Å²) in [5, 5.41) is 4.17. The highest BCUT2D eigenvalue weighted by molar-refractivity contribution is 6.05. The minimum atomic E-state index is -4.50. The van der Waals surface area contributed by atoms with Crippen LogP contribution in [0.3, 0.4) is 0 Å². The highest BCUT2D eigenvalue weighted by Gasteiger charge is 2.34. The molecule has 1 saturated heterocycles. The van der Waals surface area contributed by atoms with Crippen LogP contribution in [0.25, 0.3) is 22.2 Å². The summed E-state index contributed by atoms with van der Waals surface area (Å²) in [4.78, 5) is 22.2. The molecule has 0 saturated carbocycles. The second-order valence-electron chi connectivity index (χ2n) is 7.27. The number of aryl methyl sites for hydroxylation is 2. The van der Waals surface area contributed by atoms with Crippen LogP contribution >= 0.6 is 0 Å². The van der Waals surface area contributed by atoms with E-state index in [4.69, 9.17) is 4.42 Å². The van der Waals surface area contributed by atoms with Crippen molar-refractivity contribution in [1.29, 1.82) is 0 Å². The average Bonchev–Trinajstić information content (AvgIpc) is 3.03. The molecule has 5 heterocycles. The van der Waals surface area contributed by atoms with Gasteiger partial charge < -0.3 is 14.6 Å². The van der Waals surface area contributed by atoms with Crippen molar-refractivity contribution >= 4 is 33.8 Å². The first-order valence-electron chi connectivity index (χ1n) is 9.22. The van der Waals surface area contributed by atoms with E-state index in [1.807, 2.05) is 24.8 Å². The third-order valence-corrected chi connectivity index (χ3v) is 5.03. The Morgan fingerprint density at radius 2 is 1.90 bits per heavy atom. The van der Waals surface area contributed by atoms with Crippen LogP contribution in [0.5, 0.6) is 0 Å². The van der Waals surface area contributed by atoms with Crippen molar-refractivity contribution in [2.75, 3.05) is 23.3 Å². The lowest BCUT2D eigenvalue weighted by Gasteiger charge is -2.40. The number of furan rings is 1. The van der Waals surface area contributed by atoms with Gasteiger partial charge in [-0.25, -0.2) is 24.9 Å². The first kappa shape index (κ1) is 18.5. The summed E-state index contributed by atoms with van der Waals surface area (Å²) in [5.41, 5.74) is 2.61. The molecule has 5 rings (SSSR count). The van der Waals surface area contributed by atoms with E-state index in [9.17, 15) is 13.2 Å². The Morgan fingerprint density at radius 3 is 2.60 bits per heavy atom. The predicted molar refractivity (Wildman–Crippen MR) is 103 cm³/mol. The van der Waals surface area contributed by atoms with Crippen molar-refractivity contribution < 1.29 is 17.6 Å². The number of hydrogen-bond donors (Lipinski definition) is 1. The molecule has 1 N–H and O–H groups in total. The molecule has 0 bridgehead atoms. The number of anilines is 2. The zero-order chi connectivity index (χ0) is 21.0. The maximum Gasteiger partial charge on any atom is 0.434 e. The van der Waals surface area contributed by atoms with Gasteiger partial charge in [-0.1, -0.05) is 0 Å². The number of hydrogen-bond acceptors (Lipinski definition) is 8. The van der Waals surface area contributed by atoms with E-state index in [0.717, 1.165) is 29.0 Å². The first-order chi connectivity index (χ1) is 14.3. The fraction of sp³-hybridized carbons (Fsp3) is 0.316. The summed E-state index contributed by atoms with van der Waals surface area (Å²) in [5.74, 6) is 0.950. The lowest BCUT2D eigenvalue weighted by Crippen LogP contribution is -2.55. The Morgan fingerprint density at radius 1 is 1.10 bits per heavy atom. The molecule has 11 heteroatoms. The van der Waals surface area contributed by atoms with Crippen LogP contribution in [0, 0.1) is 13.8 Å². The second-order valence-corrected chi connectivity index (χ2v) is 7.27. The molecular formula is C19H16F3N7O. The maximum absolute atomic E-state index is 12.6. The van der Waals surface area contributed by atoms with Gasteiger partial charge >= 0.3 is 6.18 Å². The van der Waals surface area contributed by atoms with E-state index in [1.165, 1.54) is 6.33 Å². The molecule has 0 aliphatic carbocycles. The Hall–Kier alpha value is -3.50. The van der Waals surface area contributed by atoms with Gasteiger partial charge in [0.2, 0.25) is 5.71 Å². The quantitative estimate of drug-likeness (QED) is 0.544. The van der Waals surface area contributed by atoms with Gasteiger partial charge in [-0.2, -0.15) is 13.2 Å². The Bertz CT molecular complexity index is 1250. The number of nitrogens with one attached hydrogen (secondary N) is 1. The summed E-state index contributed by atoms with van der Waals surface area (Å²) in [6, 6.07) is 2.00. The van der Waals surface area contributed by atoms with Gasteiger partial charge in [0.05, 0.1) is 23.8 Å². The molecule has 8 nitrogen and oxygen atoms in total. The third kappa shape index (κ3) is 3.06. The van der Waals surface area contributed by atoms with E-state index in [-0.39, 0.29) is 6.04 Å². The molecule has 0 spiro atoms. The summed E-state index contributed by atoms with van der Waals surface area (Å²) in [7, 11) is 0. The number of nitrogens with zero attached hydrogens (tertiary/aromatic N) is 6. The molecule has 0 atom stereocenters. The van der Waals surface area contributed by atoms with Crippen LogP contribution < -0.4 is 10.2 Å². The number of rotatable bonds is 3. The molecule has 4 aromatic heterocycles. The van der Waals surface area contributed by atoms with Crippen molar-refractivity contribution in [3.8, 4) is 0 Å². The van der Waals surface area contributed by atoms with Gasteiger partial charge in [-0.15, -0.1) is 0 Å². The van der Waals surface area contributed by atoms with E-state index in [1.54, 1.807) is 0 Å². The Kier molecular flexibility index (Phi) is 4.02. The van der Waals surface area contributed by atoms with Gasteiger partial charge in [0, 0.05) is 18.8 Å². The van der Waals surface area contributed by atoms with Crippen LogP contribution in [0.15, 0.2) is 29.2 Å². The minimum absolute atomic E-state index is 0.0243. The molecule has 0 unspecified atom stereocenters. The Labute approximate surface area is 168 Å². The smallest absolute Gasteiger partial charge is 0.432 e. The van der Waals surface area contributed by atoms with Crippen LogP contribution in [0.4, 0.5) is 24.8 Å². The molecule has 30 heavy (non-hydrogen) atoms. The van der Waals surface area contributed by atoms with Crippen LogP contribution in [-0.2, 0) is 6.18 Å². The molecule has 154 valence electrons. The Balaban J connectivity index is 1.35. The number of pyridine rings is 1. The van der Waals surface area contributed by atoms with Crippen molar-refractivity contribution in [3.05, 3.63) is 41.7 Å². The van der Waals surface area contributed by atoms with Crippen molar-refractivity contribution in [3.63, 3.8) is 0 Å². The third-order valence-electron chi connectivity index (χ3n) is 5.03. The average molecular weight is 415 g/mol. The molecular weight excluding hydrogens is 399 g/mol. The van der Waals surface area contributed by atoms with Crippen LogP contribution in [0.1, 0.15) is 17.0 Å². The summed E-state index contributed by atoms with van der Waals surface area (Å²) < 4.78 is 43.8. The largest absolute Gasteiger partial charge is 0.434 e. The summed E-state index contributed by atoms with van der Waals surface area (Å²) >= 11 is 0. The lowest BCUT2D eigenvalue weighted by molar-refractivity contribution is -0.141. The predicted octanol–water partition coefficient (Wildman–Crippen LogP) is 3.50. The number of halogens is 3. The molecule has 1 fully saturated rings. The zero-order valence-corrected chi connectivity index (χ0v) is 16.0. The van der Waals surface area contributed by atoms with Gasteiger partial charge in [-0.05, 0) is 25.5 Å². The number of fused-ring (bicyclic) bond motifs is 3. The van der Waals surface area contributed by atoms with Crippen LogP contribution in [-0.4, -0.2) is 44.1 Å². The second kappa shape index (κ2) is 6.51. The molecule has 1 aliphatic heterocycles. The van der Waals surface area contributed by atoms with E-state index >= 15 is 0 Å². The monoisotopic (exact) mass is 415 g/mol.